The van der Waals surface area contributed by atoms with Crippen LogP contribution in [0.25, 0.3) is 64.9 Å². The Balaban J connectivity index is 1.57. The van der Waals surface area contributed by atoms with Gasteiger partial charge in [0.25, 0.3) is 0 Å². The van der Waals surface area contributed by atoms with Crippen LogP contribution in [0.15, 0.2) is 55.1 Å². The number of H-pyrrole nitrogens is 2. The van der Waals surface area contributed by atoms with Crippen molar-refractivity contribution in [3.63, 3.8) is 0 Å². The van der Waals surface area contributed by atoms with Gasteiger partial charge in [-0.15, -0.1) is 11.3 Å². The fourth-order valence-corrected chi connectivity index (χ4v) is 6.49. The maximum atomic E-state index is 13.9. The zero-order valence-corrected chi connectivity index (χ0v) is 20.4. The quantitative estimate of drug-likeness (QED) is 0.283. The molecular formula is C27H20N8OS. The summed E-state index contributed by atoms with van der Waals surface area (Å²) in [5.41, 5.74) is 6.89. The minimum atomic E-state index is 0.00812. The van der Waals surface area contributed by atoms with Gasteiger partial charge < -0.3 is 0 Å². The number of aromatic nitrogens is 8. The maximum absolute atomic E-state index is 13.9. The van der Waals surface area contributed by atoms with Crippen molar-refractivity contribution in [2.45, 2.75) is 25.7 Å². The second-order valence-corrected chi connectivity index (χ2v) is 10.6. The lowest BCUT2D eigenvalue weighted by molar-refractivity contribution is 0.0847. The van der Waals surface area contributed by atoms with E-state index in [1.165, 1.54) is 11.3 Å². The molecule has 0 radical (unpaired) electrons. The molecule has 1 aliphatic carbocycles. The first-order valence-corrected chi connectivity index (χ1v) is 13.1. The number of pyridine rings is 3. The molecule has 180 valence electrons. The van der Waals surface area contributed by atoms with Crippen LogP contribution < -0.4 is 0 Å². The topological polar surface area (TPSA) is 118 Å². The van der Waals surface area contributed by atoms with Crippen molar-refractivity contribution in [3.8, 4) is 11.3 Å². The average Bonchev–Trinajstić information content (AvgIpc) is 3.73. The van der Waals surface area contributed by atoms with E-state index in [1.807, 2.05) is 34.9 Å². The van der Waals surface area contributed by atoms with E-state index >= 15 is 0 Å². The van der Waals surface area contributed by atoms with Gasteiger partial charge in [-0.2, -0.15) is 0 Å². The zero-order valence-electron chi connectivity index (χ0n) is 19.6. The van der Waals surface area contributed by atoms with E-state index in [-0.39, 0.29) is 11.8 Å². The normalized spacial score (nSPS) is 14.6. The molecule has 8 bridgehead atoms. The summed E-state index contributed by atoms with van der Waals surface area (Å²) in [5.74, 6) is 0.121. The number of hydrogen-bond donors (Lipinski definition) is 2. The Morgan fingerprint density at radius 3 is 2.78 bits per heavy atom. The van der Waals surface area contributed by atoms with E-state index < -0.39 is 0 Å². The highest BCUT2D eigenvalue weighted by Crippen LogP contribution is 2.33. The highest BCUT2D eigenvalue weighted by Gasteiger charge is 2.25. The molecule has 5 aromatic heterocycles. The summed E-state index contributed by atoms with van der Waals surface area (Å²) in [6, 6.07) is 9.88. The summed E-state index contributed by atoms with van der Waals surface area (Å²) in [7, 11) is 0. The van der Waals surface area contributed by atoms with Crippen molar-refractivity contribution in [1.82, 2.24) is 39.7 Å². The van der Waals surface area contributed by atoms with E-state index in [1.54, 1.807) is 24.8 Å². The Morgan fingerprint density at radius 1 is 0.946 bits per heavy atom. The molecule has 5 aromatic rings. The fraction of sp³-hybridized carbons (Fsp3) is 0.185. The van der Waals surface area contributed by atoms with Crippen LogP contribution in [-0.4, -0.2) is 45.6 Å². The van der Waals surface area contributed by atoms with Gasteiger partial charge in [-0.25, -0.2) is 9.97 Å². The van der Waals surface area contributed by atoms with Crippen LogP contribution >= 0.6 is 11.3 Å². The third-order valence-electron chi connectivity index (χ3n) is 7.31. The van der Waals surface area contributed by atoms with Gasteiger partial charge in [-0.3, -0.25) is 34.5 Å². The molecule has 0 atom stereocenters. The molecule has 0 amide bonds. The second-order valence-electron chi connectivity index (χ2n) is 9.54. The molecule has 1 fully saturated rings. The first kappa shape index (κ1) is 20.7. The monoisotopic (exact) mass is 504 g/mol. The average molecular weight is 505 g/mol. The van der Waals surface area contributed by atoms with Gasteiger partial charge in [0, 0.05) is 29.3 Å². The number of hydrogen-bond acceptors (Lipinski definition) is 7. The number of nitrogens with one attached hydrogen (secondary N) is 2. The van der Waals surface area contributed by atoms with E-state index in [0.717, 1.165) is 85.0 Å². The second kappa shape index (κ2) is 7.78. The van der Waals surface area contributed by atoms with Gasteiger partial charge in [0.1, 0.15) is 21.6 Å². The first-order chi connectivity index (χ1) is 18.2. The standard InChI is InChI=1S/C27H20N8OS/c36-27(14-3-1-2-4-14)35-16-9-15(11-28-12-16)19-10-17-20(13-30-19)33-34-23(17)26-31-18-7-8-29-25(24(18)32-26)21-5-6-22(35)37-21/h5-14,33-34H,1-4H2. The number of thiophene rings is 1. The SMILES string of the molecule is O=C(C1CCCC1)n1c2cncc(c2)c2cc3c(cn2)[nH][nH]c-3c2nc3ccnc(c4ccc1s4)c3n2. The molecular weight excluding hydrogens is 484 g/mol. The Morgan fingerprint density at radius 2 is 1.86 bits per heavy atom. The maximum Gasteiger partial charge on any atom is 0.235 e. The highest BCUT2D eigenvalue weighted by molar-refractivity contribution is 7.24. The van der Waals surface area contributed by atoms with Gasteiger partial charge in [0.05, 0.1) is 39.2 Å². The molecule has 2 N–H and O–H groups in total. The van der Waals surface area contributed by atoms with Crippen molar-refractivity contribution in [3.05, 3.63) is 55.1 Å². The van der Waals surface area contributed by atoms with E-state index in [4.69, 9.17) is 9.97 Å². The molecule has 10 heteroatoms. The van der Waals surface area contributed by atoms with Crippen LogP contribution in [0.5, 0.6) is 0 Å². The van der Waals surface area contributed by atoms with Crippen molar-refractivity contribution in [2.75, 3.05) is 0 Å². The minimum absolute atomic E-state index is 0.00812. The minimum Gasteiger partial charge on any atom is -0.298 e. The Hall–Kier alpha value is -4.44. The van der Waals surface area contributed by atoms with Crippen molar-refractivity contribution >= 4 is 70.9 Å². The van der Waals surface area contributed by atoms with Gasteiger partial charge in [-0.05, 0) is 43.2 Å². The molecule has 7 heterocycles. The summed E-state index contributed by atoms with van der Waals surface area (Å²) < 4.78 is 2.76. The molecule has 9 nitrogen and oxygen atoms in total. The van der Waals surface area contributed by atoms with Gasteiger partial charge in [0.2, 0.25) is 5.91 Å². The molecule has 0 spiro atoms. The lowest BCUT2D eigenvalue weighted by Crippen LogP contribution is -2.19. The van der Waals surface area contributed by atoms with Gasteiger partial charge in [-0.1, -0.05) is 12.8 Å². The van der Waals surface area contributed by atoms with E-state index in [2.05, 4.69) is 25.1 Å². The Bertz CT molecular complexity index is 2040. The predicted molar refractivity (Wildman–Crippen MR) is 144 cm³/mol. The smallest absolute Gasteiger partial charge is 0.235 e. The number of carbonyl (C=O) groups is 1. The number of nitrogens with zero attached hydrogens (tertiary/aromatic N) is 6. The molecule has 0 saturated heterocycles. The first-order valence-electron chi connectivity index (χ1n) is 12.3. The van der Waals surface area contributed by atoms with Crippen LogP contribution in [0.2, 0.25) is 0 Å². The number of imidazole rings is 1. The van der Waals surface area contributed by atoms with Crippen LogP contribution in [-0.2, 0) is 0 Å². The molecule has 3 aliphatic rings. The van der Waals surface area contributed by atoms with Crippen LogP contribution in [0.3, 0.4) is 0 Å². The predicted octanol–water partition coefficient (Wildman–Crippen LogP) is 6.01. The fourth-order valence-electron chi connectivity index (χ4n) is 5.46. The summed E-state index contributed by atoms with van der Waals surface area (Å²) >= 11 is 1.53. The largest absolute Gasteiger partial charge is 0.298 e. The number of carbonyl (C=O) groups excluding carboxylic acids is 1. The summed E-state index contributed by atoms with van der Waals surface area (Å²) in [6.45, 7) is 0. The third-order valence-corrected chi connectivity index (χ3v) is 8.39. The summed E-state index contributed by atoms with van der Waals surface area (Å²) in [6.07, 6.45) is 11.1. The molecule has 1 saturated carbocycles. The molecule has 2 aliphatic heterocycles. The molecule has 37 heavy (non-hydrogen) atoms. The number of fused-ring (bicyclic) bond motifs is 9. The molecule has 8 rings (SSSR count). The van der Waals surface area contributed by atoms with Crippen LogP contribution in [0, 0.1) is 5.92 Å². The molecule has 0 aromatic carbocycles. The van der Waals surface area contributed by atoms with Crippen molar-refractivity contribution in [2.24, 2.45) is 5.92 Å². The van der Waals surface area contributed by atoms with Gasteiger partial charge >= 0.3 is 0 Å². The van der Waals surface area contributed by atoms with E-state index in [9.17, 15) is 4.79 Å². The summed E-state index contributed by atoms with van der Waals surface area (Å²) in [5, 5.41) is 7.23. The Kier molecular flexibility index (Phi) is 4.36. The van der Waals surface area contributed by atoms with Gasteiger partial charge in [0.15, 0.2) is 5.65 Å². The zero-order chi connectivity index (χ0) is 24.5. The number of aromatic amines is 2. The summed E-state index contributed by atoms with van der Waals surface area (Å²) in [4.78, 5) is 38.3. The lowest BCUT2D eigenvalue weighted by Gasteiger charge is -2.12. The Labute approximate surface area is 213 Å². The number of rotatable bonds is 1. The highest BCUT2D eigenvalue weighted by atomic mass is 32.1. The lowest BCUT2D eigenvalue weighted by atomic mass is 10.1. The molecule has 0 unspecified atom stereocenters. The third kappa shape index (κ3) is 3.15. The van der Waals surface area contributed by atoms with E-state index in [0.29, 0.717) is 5.65 Å². The van der Waals surface area contributed by atoms with Crippen LogP contribution in [0.4, 0.5) is 0 Å². The van der Waals surface area contributed by atoms with Crippen molar-refractivity contribution < 1.29 is 4.79 Å². The van der Waals surface area contributed by atoms with Crippen LogP contribution in [0.1, 0.15) is 30.5 Å². The van der Waals surface area contributed by atoms with Crippen molar-refractivity contribution in [1.29, 1.82) is 0 Å².